The zero-order valence-corrected chi connectivity index (χ0v) is 21.6. The Morgan fingerprint density at radius 3 is 2.70 bits per heavy atom. The van der Waals surface area contributed by atoms with Gasteiger partial charge in [0.05, 0.1) is 23.1 Å². The lowest BCUT2D eigenvalue weighted by atomic mass is 10.0. The van der Waals surface area contributed by atoms with Gasteiger partial charge in [-0.05, 0) is 87.5 Å². The fraction of sp³-hybridized carbons (Fsp3) is 0.194. The Balaban J connectivity index is 1.52. The van der Waals surface area contributed by atoms with E-state index in [4.69, 9.17) is 4.98 Å². The molecule has 0 spiro atoms. The summed E-state index contributed by atoms with van der Waals surface area (Å²) in [5.41, 5.74) is 9.23. The molecule has 0 aliphatic carbocycles. The van der Waals surface area contributed by atoms with Crippen LogP contribution in [0.2, 0.25) is 0 Å². The van der Waals surface area contributed by atoms with Gasteiger partial charge < -0.3 is 9.88 Å². The highest BCUT2D eigenvalue weighted by molar-refractivity contribution is 6.01. The lowest BCUT2D eigenvalue weighted by Crippen LogP contribution is -2.12. The molecule has 0 amide bonds. The summed E-state index contributed by atoms with van der Waals surface area (Å²) in [7, 11) is 4.20. The number of aromatic amines is 2. The summed E-state index contributed by atoms with van der Waals surface area (Å²) in [5, 5.41) is 9.98. The zero-order valence-electron chi connectivity index (χ0n) is 21.6. The molecule has 0 radical (unpaired) electrons. The second kappa shape index (κ2) is 10.8. The van der Waals surface area contributed by atoms with Crippen LogP contribution in [0.5, 0.6) is 0 Å². The molecule has 5 aromatic rings. The maximum atomic E-state index is 4.73. The number of benzene rings is 1. The number of aromatic nitrogens is 5. The molecule has 0 unspecified atom stereocenters. The third-order valence-electron chi connectivity index (χ3n) is 6.62. The molecule has 0 saturated heterocycles. The molecule has 0 atom stereocenters. The summed E-state index contributed by atoms with van der Waals surface area (Å²) >= 11 is 0. The molecule has 0 bridgehead atoms. The molecule has 0 aliphatic heterocycles. The Bertz CT molecular complexity index is 1600. The van der Waals surface area contributed by atoms with Gasteiger partial charge in [0.2, 0.25) is 0 Å². The van der Waals surface area contributed by atoms with Gasteiger partial charge in [-0.2, -0.15) is 5.10 Å². The summed E-state index contributed by atoms with van der Waals surface area (Å²) in [6.07, 6.45) is 13.9. The van der Waals surface area contributed by atoms with Crippen molar-refractivity contribution in [2.75, 3.05) is 20.6 Å². The number of allylic oxidation sites excluding steroid dienone is 5. The number of fused-ring (bicyclic) bond motifs is 2. The SMILES string of the molecule is C=C/C(=C\C(=C/C)c1cc2c(-c3cc4c(-c5cccnc5)cccc4[nH]3)n[nH]c2cn1)CCCN(C)C. The van der Waals surface area contributed by atoms with Gasteiger partial charge in [-0.15, -0.1) is 0 Å². The van der Waals surface area contributed by atoms with Crippen LogP contribution >= 0.6 is 0 Å². The van der Waals surface area contributed by atoms with E-state index in [0.717, 1.165) is 75.0 Å². The molecule has 0 fully saturated rings. The van der Waals surface area contributed by atoms with Crippen molar-refractivity contribution < 1.29 is 0 Å². The lowest BCUT2D eigenvalue weighted by Gasteiger charge is -2.10. The van der Waals surface area contributed by atoms with E-state index >= 15 is 0 Å². The molecule has 6 heteroatoms. The smallest absolute Gasteiger partial charge is 0.116 e. The van der Waals surface area contributed by atoms with E-state index in [1.165, 1.54) is 5.57 Å². The maximum Gasteiger partial charge on any atom is 0.116 e. The average molecular weight is 489 g/mol. The molecule has 4 heterocycles. The van der Waals surface area contributed by atoms with Crippen molar-refractivity contribution in [1.82, 2.24) is 30.0 Å². The van der Waals surface area contributed by atoms with Gasteiger partial charge in [0.1, 0.15) is 5.69 Å². The van der Waals surface area contributed by atoms with Gasteiger partial charge in [-0.25, -0.2) is 0 Å². The van der Waals surface area contributed by atoms with Crippen molar-refractivity contribution in [3.8, 4) is 22.5 Å². The first-order valence-electron chi connectivity index (χ1n) is 12.6. The van der Waals surface area contributed by atoms with Crippen LogP contribution in [0.4, 0.5) is 0 Å². The maximum absolute atomic E-state index is 4.73. The molecule has 37 heavy (non-hydrogen) atoms. The number of H-pyrrole nitrogens is 2. The molecule has 6 nitrogen and oxygen atoms in total. The standard InChI is InChI=1S/C31H32N6/c1-5-21(10-9-15-37(3)4)16-22(6-2)28-18-26-30(20-33-28)35-36-31(26)29-17-25-24(12-7-13-27(25)34-29)23-11-8-14-32-19-23/h5-8,11-14,16-20,34H,1,9-10,15H2,2-4H3,(H,35,36)/b21-16+,22-6+. The van der Waals surface area contributed by atoms with Crippen LogP contribution in [0.25, 0.3) is 49.9 Å². The minimum Gasteiger partial charge on any atom is -0.353 e. The van der Waals surface area contributed by atoms with E-state index in [2.05, 4.69) is 94.3 Å². The minimum atomic E-state index is 0.876. The zero-order chi connectivity index (χ0) is 25.8. The summed E-state index contributed by atoms with van der Waals surface area (Å²) in [4.78, 5) is 14.8. The molecule has 5 rings (SSSR count). The van der Waals surface area contributed by atoms with E-state index in [-0.39, 0.29) is 0 Å². The number of rotatable bonds is 9. The van der Waals surface area contributed by atoms with Crippen molar-refractivity contribution in [3.63, 3.8) is 0 Å². The van der Waals surface area contributed by atoms with Crippen LogP contribution in [-0.2, 0) is 0 Å². The van der Waals surface area contributed by atoms with Gasteiger partial charge in [0.15, 0.2) is 0 Å². The largest absolute Gasteiger partial charge is 0.353 e. The normalized spacial score (nSPS) is 12.6. The number of nitrogens with one attached hydrogen (secondary N) is 2. The Kier molecular flexibility index (Phi) is 7.10. The second-order valence-electron chi connectivity index (χ2n) is 9.45. The Morgan fingerprint density at radius 2 is 1.95 bits per heavy atom. The monoisotopic (exact) mass is 488 g/mol. The van der Waals surface area contributed by atoms with Gasteiger partial charge in [0.25, 0.3) is 0 Å². The summed E-state index contributed by atoms with van der Waals surface area (Å²) < 4.78 is 0. The van der Waals surface area contributed by atoms with Crippen LogP contribution in [0.3, 0.4) is 0 Å². The van der Waals surface area contributed by atoms with E-state index in [1.807, 2.05) is 31.5 Å². The molecule has 2 N–H and O–H groups in total. The number of hydrogen-bond donors (Lipinski definition) is 2. The minimum absolute atomic E-state index is 0.876. The van der Waals surface area contributed by atoms with E-state index < -0.39 is 0 Å². The third kappa shape index (κ3) is 5.15. The summed E-state index contributed by atoms with van der Waals surface area (Å²) in [6.45, 7) is 7.13. The predicted molar refractivity (Wildman–Crippen MR) is 154 cm³/mol. The quantitative estimate of drug-likeness (QED) is 0.219. The number of hydrogen-bond acceptors (Lipinski definition) is 4. The van der Waals surface area contributed by atoms with Crippen molar-refractivity contribution in [3.05, 3.63) is 97.1 Å². The van der Waals surface area contributed by atoms with Crippen LogP contribution in [0.15, 0.2) is 91.4 Å². The van der Waals surface area contributed by atoms with Crippen molar-refractivity contribution in [1.29, 1.82) is 0 Å². The first kappa shape index (κ1) is 24.4. The lowest BCUT2D eigenvalue weighted by molar-refractivity contribution is 0.400. The second-order valence-corrected chi connectivity index (χ2v) is 9.45. The number of nitrogens with zero attached hydrogens (tertiary/aromatic N) is 4. The Labute approximate surface area is 217 Å². The first-order valence-corrected chi connectivity index (χ1v) is 12.6. The highest BCUT2D eigenvalue weighted by Gasteiger charge is 2.15. The van der Waals surface area contributed by atoms with Crippen LogP contribution in [0.1, 0.15) is 25.5 Å². The van der Waals surface area contributed by atoms with Gasteiger partial charge in [0, 0.05) is 34.2 Å². The molecule has 0 saturated carbocycles. The Morgan fingerprint density at radius 1 is 1.05 bits per heavy atom. The molecular weight excluding hydrogens is 456 g/mol. The molecule has 186 valence electrons. The number of pyridine rings is 2. The highest BCUT2D eigenvalue weighted by Crippen LogP contribution is 2.34. The molecular formula is C31H32N6. The van der Waals surface area contributed by atoms with Gasteiger partial charge in [-0.3, -0.25) is 15.1 Å². The van der Waals surface area contributed by atoms with Crippen LogP contribution in [0, 0.1) is 0 Å². The summed E-state index contributed by atoms with van der Waals surface area (Å²) in [5.74, 6) is 0. The fourth-order valence-corrected chi connectivity index (χ4v) is 4.67. The summed E-state index contributed by atoms with van der Waals surface area (Å²) in [6, 6.07) is 14.6. The first-order chi connectivity index (χ1) is 18.1. The third-order valence-corrected chi connectivity index (χ3v) is 6.62. The van der Waals surface area contributed by atoms with Crippen LogP contribution < -0.4 is 0 Å². The van der Waals surface area contributed by atoms with E-state index in [1.54, 1.807) is 6.20 Å². The Hall–Kier alpha value is -4.29. The van der Waals surface area contributed by atoms with Gasteiger partial charge >= 0.3 is 0 Å². The van der Waals surface area contributed by atoms with Crippen molar-refractivity contribution in [2.24, 2.45) is 0 Å². The highest BCUT2D eigenvalue weighted by atomic mass is 15.1. The van der Waals surface area contributed by atoms with Crippen LogP contribution in [-0.4, -0.2) is 50.7 Å². The predicted octanol–water partition coefficient (Wildman–Crippen LogP) is 7.03. The molecule has 4 aromatic heterocycles. The van der Waals surface area contributed by atoms with Crippen molar-refractivity contribution >= 4 is 27.4 Å². The van der Waals surface area contributed by atoms with Crippen molar-refractivity contribution in [2.45, 2.75) is 19.8 Å². The fourth-order valence-electron chi connectivity index (χ4n) is 4.67. The molecule has 0 aliphatic rings. The topological polar surface area (TPSA) is 73.5 Å². The average Bonchev–Trinajstić information content (AvgIpc) is 3.54. The van der Waals surface area contributed by atoms with E-state index in [9.17, 15) is 0 Å². The van der Waals surface area contributed by atoms with E-state index in [0.29, 0.717) is 0 Å². The van der Waals surface area contributed by atoms with Gasteiger partial charge in [-0.1, -0.05) is 36.9 Å². The molecule has 1 aromatic carbocycles.